The lowest BCUT2D eigenvalue weighted by atomic mass is 10.3. The molecule has 3 rings (SSSR count). The van der Waals surface area contributed by atoms with Gasteiger partial charge in [0.25, 0.3) is 0 Å². The van der Waals surface area contributed by atoms with Gasteiger partial charge in [0.15, 0.2) is 5.65 Å². The van der Waals surface area contributed by atoms with Crippen molar-refractivity contribution in [2.75, 3.05) is 7.11 Å². The second-order valence-electron chi connectivity index (χ2n) is 3.60. The number of methoxy groups -OCH3 is 1. The molecule has 3 aromatic rings. The summed E-state index contributed by atoms with van der Waals surface area (Å²) >= 11 is 0. The monoisotopic (exact) mass is 213 g/mol. The van der Waals surface area contributed by atoms with Crippen LogP contribution in [0.5, 0.6) is 0 Å². The van der Waals surface area contributed by atoms with E-state index in [0.717, 1.165) is 22.4 Å². The molecule has 0 fully saturated rings. The van der Waals surface area contributed by atoms with E-state index in [1.807, 2.05) is 34.9 Å². The molecule has 0 aliphatic heterocycles. The highest BCUT2D eigenvalue weighted by molar-refractivity contribution is 5.78. The number of nitrogens with zero attached hydrogens (tertiary/aromatic N) is 3. The molecule has 0 aliphatic carbocycles. The van der Waals surface area contributed by atoms with E-state index in [-0.39, 0.29) is 0 Å². The van der Waals surface area contributed by atoms with Crippen LogP contribution < -0.4 is 0 Å². The molecule has 0 radical (unpaired) electrons. The molecule has 0 saturated heterocycles. The lowest BCUT2D eigenvalue weighted by molar-refractivity contribution is 0.182. The molecule has 0 unspecified atom stereocenters. The first-order valence-electron chi connectivity index (χ1n) is 5.10. The lowest BCUT2D eigenvalue weighted by Crippen LogP contribution is -1.99. The Morgan fingerprint density at radius 2 is 2.19 bits per heavy atom. The highest BCUT2D eigenvalue weighted by atomic mass is 16.5. The fraction of sp³-hybridized carbons (Fsp3) is 0.167. The standard InChI is InChI=1S/C12H11N3O/c1-16-8-10-12-13-6-7-15(12)11-5-3-2-4-9(11)14-10/h2-7H,8H2,1H3. The van der Waals surface area contributed by atoms with Crippen molar-refractivity contribution in [2.24, 2.45) is 0 Å². The Bertz CT molecular complexity index is 645. The molecule has 0 aliphatic rings. The molecule has 2 heterocycles. The van der Waals surface area contributed by atoms with Crippen LogP contribution in [0, 0.1) is 0 Å². The van der Waals surface area contributed by atoms with Gasteiger partial charge in [0, 0.05) is 19.5 Å². The molecular weight excluding hydrogens is 202 g/mol. The highest BCUT2D eigenvalue weighted by Crippen LogP contribution is 2.17. The van der Waals surface area contributed by atoms with Gasteiger partial charge in [-0.05, 0) is 12.1 Å². The van der Waals surface area contributed by atoms with Crippen LogP contribution in [0.1, 0.15) is 5.69 Å². The van der Waals surface area contributed by atoms with Gasteiger partial charge in [0.1, 0.15) is 5.69 Å². The number of benzene rings is 1. The van der Waals surface area contributed by atoms with Crippen LogP contribution in [0.3, 0.4) is 0 Å². The van der Waals surface area contributed by atoms with Crippen molar-refractivity contribution in [1.82, 2.24) is 14.4 Å². The molecule has 0 atom stereocenters. The lowest BCUT2D eigenvalue weighted by Gasteiger charge is -2.06. The average molecular weight is 213 g/mol. The molecule has 4 nitrogen and oxygen atoms in total. The van der Waals surface area contributed by atoms with E-state index in [1.165, 1.54) is 0 Å². The second kappa shape index (κ2) is 3.57. The van der Waals surface area contributed by atoms with Crippen LogP contribution in [-0.4, -0.2) is 21.5 Å². The van der Waals surface area contributed by atoms with Crippen LogP contribution in [0.15, 0.2) is 36.7 Å². The number of hydrogen-bond donors (Lipinski definition) is 0. The number of aromatic nitrogens is 3. The van der Waals surface area contributed by atoms with E-state index in [1.54, 1.807) is 13.3 Å². The zero-order valence-corrected chi connectivity index (χ0v) is 8.92. The fourth-order valence-corrected chi connectivity index (χ4v) is 1.90. The van der Waals surface area contributed by atoms with Crippen LogP contribution in [0.2, 0.25) is 0 Å². The molecule has 1 aromatic carbocycles. The normalized spacial score (nSPS) is 11.3. The summed E-state index contributed by atoms with van der Waals surface area (Å²) in [7, 11) is 1.66. The third-order valence-electron chi connectivity index (χ3n) is 2.58. The van der Waals surface area contributed by atoms with Gasteiger partial charge >= 0.3 is 0 Å². The van der Waals surface area contributed by atoms with Gasteiger partial charge in [-0.15, -0.1) is 0 Å². The van der Waals surface area contributed by atoms with E-state index >= 15 is 0 Å². The minimum absolute atomic E-state index is 0.478. The minimum atomic E-state index is 0.478. The van der Waals surface area contributed by atoms with E-state index < -0.39 is 0 Å². The number of fused-ring (bicyclic) bond motifs is 3. The first-order chi connectivity index (χ1) is 7.90. The van der Waals surface area contributed by atoms with Gasteiger partial charge in [0.2, 0.25) is 0 Å². The van der Waals surface area contributed by atoms with Gasteiger partial charge in [-0.25, -0.2) is 9.97 Å². The number of rotatable bonds is 2. The number of ether oxygens (including phenoxy) is 1. The topological polar surface area (TPSA) is 39.4 Å². The van der Waals surface area contributed by atoms with Crippen LogP contribution >= 0.6 is 0 Å². The summed E-state index contributed by atoms with van der Waals surface area (Å²) in [6.45, 7) is 0.478. The van der Waals surface area contributed by atoms with Gasteiger partial charge in [0.05, 0.1) is 17.6 Å². The van der Waals surface area contributed by atoms with Crippen molar-refractivity contribution >= 4 is 16.7 Å². The molecule has 80 valence electrons. The Kier molecular flexibility index (Phi) is 2.08. The van der Waals surface area contributed by atoms with Crippen LogP contribution in [-0.2, 0) is 11.3 Å². The van der Waals surface area contributed by atoms with Gasteiger partial charge < -0.3 is 4.74 Å². The van der Waals surface area contributed by atoms with Crippen molar-refractivity contribution in [3.63, 3.8) is 0 Å². The first-order valence-corrected chi connectivity index (χ1v) is 5.10. The third-order valence-corrected chi connectivity index (χ3v) is 2.58. The summed E-state index contributed by atoms with van der Waals surface area (Å²) in [5, 5.41) is 0. The third kappa shape index (κ3) is 1.27. The molecule has 0 saturated carbocycles. The fourth-order valence-electron chi connectivity index (χ4n) is 1.90. The molecule has 0 spiro atoms. The zero-order valence-electron chi connectivity index (χ0n) is 8.92. The second-order valence-corrected chi connectivity index (χ2v) is 3.60. The molecular formula is C12H11N3O. The van der Waals surface area contributed by atoms with Crippen molar-refractivity contribution < 1.29 is 4.74 Å². The number of imidazole rings is 1. The summed E-state index contributed by atoms with van der Waals surface area (Å²) in [4.78, 5) is 8.86. The van der Waals surface area contributed by atoms with E-state index in [2.05, 4.69) is 9.97 Å². The molecule has 0 N–H and O–H groups in total. The quantitative estimate of drug-likeness (QED) is 0.653. The maximum Gasteiger partial charge on any atom is 0.161 e. The van der Waals surface area contributed by atoms with Gasteiger partial charge in [-0.1, -0.05) is 12.1 Å². The molecule has 4 heteroatoms. The average Bonchev–Trinajstić information content (AvgIpc) is 2.79. The largest absolute Gasteiger partial charge is 0.378 e. The summed E-state index contributed by atoms with van der Waals surface area (Å²) in [5.41, 5.74) is 3.75. The van der Waals surface area contributed by atoms with Crippen molar-refractivity contribution in [3.05, 3.63) is 42.4 Å². The smallest absolute Gasteiger partial charge is 0.161 e. The summed E-state index contributed by atoms with van der Waals surface area (Å²) in [6.07, 6.45) is 3.72. The Labute approximate surface area is 92.5 Å². The van der Waals surface area contributed by atoms with Gasteiger partial charge in [-0.2, -0.15) is 0 Å². The van der Waals surface area contributed by atoms with Crippen LogP contribution in [0.4, 0.5) is 0 Å². The van der Waals surface area contributed by atoms with Crippen LogP contribution in [0.25, 0.3) is 16.7 Å². The van der Waals surface area contributed by atoms with Crippen molar-refractivity contribution in [2.45, 2.75) is 6.61 Å². The molecule has 2 aromatic heterocycles. The predicted octanol–water partition coefficient (Wildman–Crippen LogP) is 2.03. The van der Waals surface area contributed by atoms with Gasteiger partial charge in [-0.3, -0.25) is 4.40 Å². The molecule has 16 heavy (non-hydrogen) atoms. The first kappa shape index (κ1) is 9.30. The molecule has 0 bridgehead atoms. The van der Waals surface area contributed by atoms with E-state index in [9.17, 15) is 0 Å². The summed E-state index contributed by atoms with van der Waals surface area (Å²) in [5.74, 6) is 0. The predicted molar refractivity (Wildman–Crippen MR) is 61.2 cm³/mol. The highest BCUT2D eigenvalue weighted by Gasteiger charge is 2.07. The maximum atomic E-state index is 5.14. The summed E-state index contributed by atoms with van der Waals surface area (Å²) < 4.78 is 7.18. The Hall–Kier alpha value is -1.94. The Morgan fingerprint density at radius 3 is 3.06 bits per heavy atom. The summed E-state index contributed by atoms with van der Waals surface area (Å²) in [6, 6.07) is 8.01. The SMILES string of the molecule is COCc1nc2ccccc2n2ccnc12. The van der Waals surface area contributed by atoms with Crippen molar-refractivity contribution in [1.29, 1.82) is 0 Å². The zero-order chi connectivity index (χ0) is 11.0. The van der Waals surface area contributed by atoms with E-state index in [4.69, 9.17) is 4.74 Å². The Morgan fingerprint density at radius 1 is 1.31 bits per heavy atom. The molecule has 0 amide bonds. The number of para-hydroxylation sites is 2. The maximum absolute atomic E-state index is 5.14. The van der Waals surface area contributed by atoms with Crippen molar-refractivity contribution in [3.8, 4) is 0 Å². The minimum Gasteiger partial charge on any atom is -0.378 e. The Balaban J connectivity index is 2.43. The van der Waals surface area contributed by atoms with E-state index in [0.29, 0.717) is 6.61 Å². The number of hydrogen-bond acceptors (Lipinski definition) is 3.